The van der Waals surface area contributed by atoms with Gasteiger partial charge in [0.25, 0.3) is 6.47 Å². The summed E-state index contributed by atoms with van der Waals surface area (Å²) >= 11 is 13.2. The second kappa shape index (κ2) is 20.2. The summed E-state index contributed by atoms with van der Waals surface area (Å²) in [6, 6.07) is 1.04. The molecular weight excluding hydrogens is 933 g/mol. The zero-order valence-electron chi connectivity index (χ0n) is 36.5. The lowest BCUT2D eigenvalue weighted by molar-refractivity contribution is -0.120. The van der Waals surface area contributed by atoms with Crippen molar-refractivity contribution in [2.24, 2.45) is 42.9 Å². The van der Waals surface area contributed by atoms with Crippen LogP contribution in [0.4, 0.5) is 20.4 Å². The van der Waals surface area contributed by atoms with Gasteiger partial charge in [-0.15, -0.1) is 23.2 Å². The van der Waals surface area contributed by atoms with Crippen LogP contribution in [0.15, 0.2) is 54.1 Å². The molecule has 0 radical (unpaired) electrons. The van der Waals surface area contributed by atoms with Crippen molar-refractivity contribution in [3.8, 4) is 5.75 Å². The summed E-state index contributed by atoms with van der Waals surface area (Å²) in [6.45, 7) is 1.73. The maximum Gasteiger partial charge on any atom is 0.341 e. The standard InChI is InChI=1S/C42H50Cl2F2N16O6/c43-25-14-59(36-27(45)11-22-32(64)24(38(66)67)13-61(20-5-6-20)34(22)55-36)16-29(25)53-41(49)57-39(47)51-9-3-1-2-4-10-52-40(48)58-42(50)54-30-17-60(15-26(30)44)37-28(46)12-23-33(65)31(68-19-63)18-62(21-7-8-21)35(23)56-37/h11-13,18-21,25-26,29-30H,1-10,14-17H2,(H,66,67)(H5,47,49,51,53,57)(H5,48,50,52,54,58). The first-order valence-corrected chi connectivity index (χ1v) is 22.9. The predicted octanol–water partition coefficient (Wildman–Crippen LogP) is 1.58. The number of halogens is 4. The van der Waals surface area contributed by atoms with Crippen molar-refractivity contribution in [2.75, 3.05) is 49.1 Å². The molecule has 26 heteroatoms. The van der Waals surface area contributed by atoms with E-state index in [1.165, 1.54) is 12.4 Å². The summed E-state index contributed by atoms with van der Waals surface area (Å²) in [5.41, 5.74) is 23.0. The first-order chi connectivity index (χ1) is 32.6. The number of anilines is 2. The predicted molar refractivity (Wildman–Crippen MR) is 254 cm³/mol. The minimum atomic E-state index is -1.39. The molecule has 4 atom stereocenters. The number of nitrogens with zero attached hydrogens (tertiary/aromatic N) is 10. The van der Waals surface area contributed by atoms with Crippen molar-refractivity contribution in [1.29, 1.82) is 0 Å². The quantitative estimate of drug-likeness (QED) is 0.0276. The van der Waals surface area contributed by atoms with Crippen molar-refractivity contribution in [2.45, 2.75) is 86.3 Å². The third kappa shape index (κ3) is 10.6. The highest BCUT2D eigenvalue weighted by Crippen LogP contribution is 2.39. The molecule has 68 heavy (non-hydrogen) atoms. The number of ether oxygens (including phenoxy) is 1. The molecule has 8 rings (SSSR count). The number of hydrogen-bond acceptors (Lipinski definition) is 13. The smallest absolute Gasteiger partial charge is 0.341 e. The molecule has 4 aromatic rings. The monoisotopic (exact) mass is 982 g/mol. The molecule has 362 valence electrons. The molecule has 2 aliphatic carbocycles. The number of fused-ring (bicyclic) bond motifs is 2. The molecule has 6 heterocycles. The molecule has 0 amide bonds. The third-order valence-electron chi connectivity index (χ3n) is 11.9. The maximum absolute atomic E-state index is 15.5. The fourth-order valence-corrected chi connectivity index (χ4v) is 8.87. The van der Waals surface area contributed by atoms with E-state index in [2.05, 4.69) is 40.6 Å². The molecule has 4 aromatic heterocycles. The Morgan fingerprint density at radius 1 is 0.735 bits per heavy atom. The van der Waals surface area contributed by atoms with Crippen molar-refractivity contribution in [3.63, 3.8) is 0 Å². The van der Waals surface area contributed by atoms with Crippen LogP contribution >= 0.6 is 23.2 Å². The molecule has 0 bridgehead atoms. The number of hydrogen-bond donors (Lipinski definition) is 7. The van der Waals surface area contributed by atoms with Crippen LogP contribution in [0.2, 0.25) is 0 Å². The number of pyridine rings is 4. The SMILES string of the molecule is NC(=NCCCCCCN=C(N)NC(N)=NC1CN(c2nc3c(cc2F)c(=O)c(C(=O)O)cn3C2CC2)CC1Cl)NC(N)=NC1CN(c2nc3c(cc2F)c(=O)c(OC=O)cn3C2CC2)CC1Cl. The van der Waals surface area contributed by atoms with E-state index in [1.807, 2.05) is 0 Å². The topological polar surface area (TPSA) is 317 Å². The van der Waals surface area contributed by atoms with Gasteiger partial charge < -0.3 is 51.7 Å². The van der Waals surface area contributed by atoms with Gasteiger partial charge in [-0.25, -0.2) is 33.5 Å². The van der Waals surface area contributed by atoms with E-state index in [1.54, 1.807) is 18.9 Å². The molecule has 0 spiro atoms. The highest BCUT2D eigenvalue weighted by atomic mass is 35.5. The Morgan fingerprint density at radius 2 is 1.19 bits per heavy atom. The zero-order chi connectivity index (χ0) is 48.4. The fourth-order valence-electron chi connectivity index (χ4n) is 8.27. The Kier molecular flexibility index (Phi) is 14.2. The lowest BCUT2D eigenvalue weighted by atomic mass is 10.2. The summed E-state index contributed by atoms with van der Waals surface area (Å²) < 4.78 is 39.1. The Bertz CT molecular complexity index is 2870. The van der Waals surface area contributed by atoms with Crippen LogP contribution in [-0.2, 0) is 4.79 Å². The van der Waals surface area contributed by atoms with E-state index in [-0.39, 0.29) is 108 Å². The summed E-state index contributed by atoms with van der Waals surface area (Å²) in [5.74, 6) is -3.05. The average molecular weight is 984 g/mol. The van der Waals surface area contributed by atoms with Gasteiger partial charge in [-0.05, 0) is 50.7 Å². The first kappa shape index (κ1) is 47.7. The second-order valence-corrected chi connectivity index (χ2v) is 18.1. The van der Waals surface area contributed by atoms with Gasteiger partial charge in [0.1, 0.15) is 16.9 Å². The lowest BCUT2D eigenvalue weighted by Crippen LogP contribution is -2.43. The zero-order valence-corrected chi connectivity index (χ0v) is 38.0. The van der Waals surface area contributed by atoms with E-state index < -0.39 is 56.9 Å². The van der Waals surface area contributed by atoms with Gasteiger partial charge in [0, 0.05) is 57.5 Å². The van der Waals surface area contributed by atoms with Crippen molar-refractivity contribution in [1.82, 2.24) is 29.7 Å². The van der Waals surface area contributed by atoms with Gasteiger partial charge in [0.15, 0.2) is 52.9 Å². The van der Waals surface area contributed by atoms with Gasteiger partial charge >= 0.3 is 5.97 Å². The molecule has 2 saturated carbocycles. The molecule has 2 saturated heterocycles. The van der Waals surface area contributed by atoms with E-state index in [0.29, 0.717) is 13.1 Å². The van der Waals surface area contributed by atoms with Crippen molar-refractivity contribution in [3.05, 3.63) is 62.2 Å². The maximum atomic E-state index is 15.5. The van der Waals surface area contributed by atoms with E-state index in [4.69, 9.17) is 50.9 Å². The number of rotatable bonds is 16. The number of aliphatic imine (C=N–C) groups is 4. The Labute approximate surface area is 396 Å². The molecular formula is C42H50Cl2F2N16O6. The second-order valence-electron chi connectivity index (χ2n) is 17.0. The van der Waals surface area contributed by atoms with Crippen LogP contribution in [0.25, 0.3) is 22.1 Å². The largest absolute Gasteiger partial charge is 0.477 e. The van der Waals surface area contributed by atoms with Gasteiger partial charge in [-0.3, -0.25) is 35.0 Å². The molecule has 4 aliphatic rings. The molecule has 4 fully saturated rings. The van der Waals surface area contributed by atoms with Crippen LogP contribution < -0.4 is 59.0 Å². The number of unbranched alkanes of at least 4 members (excludes halogenated alkanes) is 3. The molecule has 0 aromatic carbocycles. The Balaban J connectivity index is 0.760. The third-order valence-corrected chi connectivity index (χ3v) is 12.8. The van der Waals surface area contributed by atoms with Crippen LogP contribution in [0.1, 0.15) is 73.8 Å². The van der Waals surface area contributed by atoms with E-state index in [9.17, 15) is 24.3 Å². The minimum absolute atomic E-state index is 0.00115. The highest BCUT2D eigenvalue weighted by Gasteiger charge is 2.37. The van der Waals surface area contributed by atoms with Crippen LogP contribution in [0.5, 0.6) is 5.75 Å². The minimum Gasteiger partial charge on any atom is -0.477 e. The Hall–Kier alpha value is -6.82. The number of carboxylic acids is 1. The molecule has 22 nitrogen and oxygen atoms in total. The number of carbonyl (C=O) groups excluding carboxylic acids is 1. The number of carboxylic acid groups (broad SMARTS) is 1. The number of carbonyl (C=O) groups is 2. The van der Waals surface area contributed by atoms with Gasteiger partial charge in [-0.2, -0.15) is 0 Å². The van der Waals surface area contributed by atoms with Crippen molar-refractivity contribution >= 4 is 93.2 Å². The van der Waals surface area contributed by atoms with E-state index in [0.717, 1.165) is 63.5 Å². The number of nitrogens with two attached hydrogens (primary N) is 4. The number of guanidine groups is 4. The highest BCUT2D eigenvalue weighted by molar-refractivity contribution is 6.22. The number of aromatic carboxylic acids is 1. The fraction of sp³-hybridized carbons (Fsp3) is 0.476. The van der Waals surface area contributed by atoms with Gasteiger partial charge in [-0.1, -0.05) is 12.8 Å². The number of aromatic nitrogens is 4. The number of nitrogens with one attached hydrogen (secondary N) is 2. The summed E-state index contributed by atoms with van der Waals surface area (Å²) in [4.78, 5) is 78.2. The lowest BCUT2D eigenvalue weighted by Gasteiger charge is -2.19. The summed E-state index contributed by atoms with van der Waals surface area (Å²) in [7, 11) is 0. The van der Waals surface area contributed by atoms with Crippen molar-refractivity contribution < 1.29 is 28.2 Å². The number of alkyl halides is 2. The van der Waals surface area contributed by atoms with Crippen LogP contribution in [-0.4, -0.2) is 123 Å². The average Bonchev–Trinajstić information content (AvgIpc) is 4.23. The molecule has 2 aliphatic heterocycles. The van der Waals surface area contributed by atoms with Gasteiger partial charge in [0.2, 0.25) is 10.9 Å². The van der Waals surface area contributed by atoms with Crippen LogP contribution in [0, 0.1) is 11.6 Å². The summed E-state index contributed by atoms with van der Waals surface area (Å²) in [5, 5.41) is 13.8. The van der Waals surface area contributed by atoms with Gasteiger partial charge in [0.05, 0.1) is 39.8 Å². The van der Waals surface area contributed by atoms with E-state index >= 15 is 8.78 Å². The molecule has 11 N–H and O–H groups in total. The first-order valence-electron chi connectivity index (χ1n) is 22.0. The molecule has 4 unspecified atom stereocenters. The Morgan fingerprint density at radius 3 is 1.63 bits per heavy atom. The normalized spacial score (nSPS) is 21.5. The van der Waals surface area contributed by atoms with Crippen LogP contribution in [0.3, 0.4) is 0 Å². The summed E-state index contributed by atoms with van der Waals surface area (Å²) in [6.07, 6.45) is 9.05.